The smallest absolute Gasteiger partial charge is 0.268 e. The Morgan fingerprint density at radius 2 is 2.25 bits per heavy atom. The van der Waals surface area contributed by atoms with E-state index in [0.29, 0.717) is 6.54 Å². The van der Waals surface area contributed by atoms with Crippen LogP contribution in [0.25, 0.3) is 0 Å². The van der Waals surface area contributed by atoms with E-state index < -0.39 is 0 Å². The van der Waals surface area contributed by atoms with Crippen LogP contribution in [0.2, 0.25) is 0 Å². The summed E-state index contributed by atoms with van der Waals surface area (Å²) in [5.41, 5.74) is 0.836. The lowest BCUT2D eigenvalue weighted by Gasteiger charge is -2.20. The van der Waals surface area contributed by atoms with Crippen molar-refractivity contribution < 1.29 is 4.74 Å². The summed E-state index contributed by atoms with van der Waals surface area (Å²) in [4.78, 5) is 13.9. The van der Waals surface area contributed by atoms with Crippen LogP contribution in [0.5, 0.6) is 0 Å². The summed E-state index contributed by atoms with van der Waals surface area (Å²) in [7, 11) is 0. The van der Waals surface area contributed by atoms with E-state index in [1.54, 1.807) is 12.3 Å². The van der Waals surface area contributed by atoms with E-state index in [2.05, 4.69) is 23.8 Å². The molecule has 0 N–H and O–H groups in total. The van der Waals surface area contributed by atoms with E-state index >= 15 is 0 Å². The van der Waals surface area contributed by atoms with Gasteiger partial charge in [-0.15, -0.1) is 0 Å². The SMILES string of the molecule is CCN(CC)c1cnn(CC2CO2)c(=O)c1. The van der Waals surface area contributed by atoms with Gasteiger partial charge >= 0.3 is 0 Å². The average Bonchev–Trinajstić information content (AvgIpc) is 3.07. The first-order chi connectivity index (χ1) is 7.74. The molecular formula is C11H17N3O2. The molecule has 1 fully saturated rings. The summed E-state index contributed by atoms with van der Waals surface area (Å²) in [5, 5.41) is 4.16. The molecule has 1 atom stereocenters. The predicted molar refractivity (Wildman–Crippen MR) is 61.8 cm³/mol. The number of ether oxygens (including phenoxy) is 1. The summed E-state index contributed by atoms with van der Waals surface area (Å²) in [6, 6.07) is 1.64. The maximum atomic E-state index is 11.8. The van der Waals surface area contributed by atoms with Crippen molar-refractivity contribution in [2.45, 2.75) is 26.5 Å². The summed E-state index contributed by atoms with van der Waals surface area (Å²) < 4.78 is 6.54. The van der Waals surface area contributed by atoms with Gasteiger partial charge in [-0.05, 0) is 13.8 Å². The van der Waals surface area contributed by atoms with Crippen molar-refractivity contribution in [2.24, 2.45) is 0 Å². The highest BCUT2D eigenvalue weighted by Crippen LogP contribution is 2.11. The number of rotatable bonds is 5. The van der Waals surface area contributed by atoms with Crippen LogP contribution in [0.4, 0.5) is 5.69 Å². The standard InChI is InChI=1S/C11H17N3O2/c1-3-13(4-2)9-5-11(15)14(12-6-9)7-10-8-16-10/h5-6,10H,3-4,7-8H2,1-2H3. The number of hydrogen-bond acceptors (Lipinski definition) is 4. The van der Waals surface area contributed by atoms with Crippen molar-refractivity contribution in [3.8, 4) is 0 Å². The van der Waals surface area contributed by atoms with Crippen LogP contribution in [0.3, 0.4) is 0 Å². The molecule has 1 saturated heterocycles. The van der Waals surface area contributed by atoms with Gasteiger partial charge in [-0.1, -0.05) is 0 Å². The molecule has 5 nitrogen and oxygen atoms in total. The molecule has 1 unspecified atom stereocenters. The van der Waals surface area contributed by atoms with Crippen molar-refractivity contribution in [1.29, 1.82) is 0 Å². The predicted octanol–water partition coefficient (Wildman–Crippen LogP) is 0.488. The molecule has 2 rings (SSSR count). The van der Waals surface area contributed by atoms with E-state index in [1.165, 1.54) is 4.68 Å². The second-order valence-electron chi connectivity index (χ2n) is 3.86. The van der Waals surface area contributed by atoms with Crippen molar-refractivity contribution in [2.75, 3.05) is 24.6 Å². The lowest BCUT2D eigenvalue weighted by molar-refractivity contribution is 0.368. The Morgan fingerprint density at radius 3 is 2.75 bits per heavy atom. The molecule has 1 aromatic rings. The van der Waals surface area contributed by atoms with Crippen molar-refractivity contribution >= 4 is 5.69 Å². The van der Waals surface area contributed by atoms with Gasteiger partial charge in [0.1, 0.15) is 6.10 Å². The van der Waals surface area contributed by atoms with Gasteiger partial charge in [0, 0.05) is 19.2 Å². The Bertz CT molecular complexity index is 408. The van der Waals surface area contributed by atoms with Gasteiger partial charge in [-0.3, -0.25) is 4.79 Å². The molecule has 0 aliphatic carbocycles. The normalized spacial score (nSPS) is 18.5. The maximum Gasteiger partial charge on any atom is 0.268 e. The number of aromatic nitrogens is 2. The molecule has 0 saturated carbocycles. The van der Waals surface area contributed by atoms with Gasteiger partial charge < -0.3 is 9.64 Å². The summed E-state index contributed by atoms with van der Waals surface area (Å²) in [6.07, 6.45) is 1.93. The zero-order valence-corrected chi connectivity index (χ0v) is 9.72. The number of hydrogen-bond donors (Lipinski definition) is 0. The molecule has 88 valence electrons. The first kappa shape index (κ1) is 11.1. The highest BCUT2D eigenvalue weighted by Gasteiger charge is 2.23. The third-order valence-corrected chi connectivity index (χ3v) is 2.76. The monoisotopic (exact) mass is 223 g/mol. The molecule has 2 heterocycles. The molecule has 1 aromatic heterocycles. The van der Waals surface area contributed by atoms with E-state index in [4.69, 9.17) is 4.74 Å². The fourth-order valence-corrected chi connectivity index (χ4v) is 1.69. The maximum absolute atomic E-state index is 11.8. The number of epoxide rings is 1. The second kappa shape index (κ2) is 4.65. The van der Waals surface area contributed by atoms with E-state index in [1.807, 2.05) is 0 Å². The summed E-state index contributed by atoms with van der Waals surface area (Å²) in [5.74, 6) is 0. The topological polar surface area (TPSA) is 50.7 Å². The van der Waals surface area contributed by atoms with Crippen LogP contribution in [-0.2, 0) is 11.3 Å². The van der Waals surface area contributed by atoms with Crippen LogP contribution >= 0.6 is 0 Å². The molecule has 0 spiro atoms. The Morgan fingerprint density at radius 1 is 1.56 bits per heavy atom. The van der Waals surface area contributed by atoms with Gasteiger partial charge in [0.15, 0.2) is 0 Å². The number of nitrogens with zero attached hydrogens (tertiary/aromatic N) is 3. The highest BCUT2D eigenvalue weighted by molar-refractivity contribution is 5.42. The molecule has 0 aromatic carbocycles. The van der Waals surface area contributed by atoms with E-state index in [0.717, 1.165) is 25.4 Å². The highest BCUT2D eigenvalue weighted by atomic mass is 16.6. The molecule has 16 heavy (non-hydrogen) atoms. The first-order valence-electron chi connectivity index (χ1n) is 5.68. The van der Waals surface area contributed by atoms with E-state index in [9.17, 15) is 4.79 Å². The lowest BCUT2D eigenvalue weighted by atomic mass is 10.4. The van der Waals surface area contributed by atoms with E-state index in [-0.39, 0.29) is 11.7 Å². The number of anilines is 1. The molecule has 1 aliphatic heterocycles. The van der Waals surface area contributed by atoms with Gasteiger partial charge in [-0.2, -0.15) is 5.10 Å². The molecule has 0 bridgehead atoms. The fraction of sp³-hybridized carbons (Fsp3) is 0.636. The van der Waals surface area contributed by atoms with Crippen LogP contribution in [0, 0.1) is 0 Å². The lowest BCUT2D eigenvalue weighted by Crippen LogP contribution is -2.28. The molecular weight excluding hydrogens is 206 g/mol. The van der Waals surface area contributed by atoms with Gasteiger partial charge in [0.2, 0.25) is 0 Å². The molecule has 1 aliphatic rings. The van der Waals surface area contributed by atoms with Crippen LogP contribution in [-0.4, -0.2) is 35.6 Å². The zero-order valence-electron chi connectivity index (χ0n) is 9.72. The minimum Gasteiger partial charge on any atom is -0.371 e. The van der Waals surface area contributed by atoms with Gasteiger partial charge in [0.05, 0.1) is 25.0 Å². The average molecular weight is 223 g/mol. The zero-order chi connectivity index (χ0) is 11.5. The first-order valence-corrected chi connectivity index (χ1v) is 5.68. The Hall–Kier alpha value is -1.36. The Kier molecular flexibility index (Phi) is 3.24. The second-order valence-corrected chi connectivity index (χ2v) is 3.86. The minimum atomic E-state index is -0.0556. The Labute approximate surface area is 94.6 Å². The fourth-order valence-electron chi connectivity index (χ4n) is 1.69. The van der Waals surface area contributed by atoms with Crippen LogP contribution < -0.4 is 10.5 Å². The summed E-state index contributed by atoms with van der Waals surface area (Å²) in [6.45, 7) is 7.20. The van der Waals surface area contributed by atoms with Crippen molar-refractivity contribution in [3.05, 3.63) is 22.6 Å². The van der Waals surface area contributed by atoms with Crippen molar-refractivity contribution in [1.82, 2.24) is 9.78 Å². The molecule has 5 heteroatoms. The molecule has 0 radical (unpaired) electrons. The third kappa shape index (κ3) is 2.41. The Balaban J connectivity index is 2.17. The quantitative estimate of drug-likeness (QED) is 0.682. The van der Waals surface area contributed by atoms with Crippen LogP contribution in [0.1, 0.15) is 13.8 Å². The van der Waals surface area contributed by atoms with Crippen molar-refractivity contribution in [3.63, 3.8) is 0 Å². The van der Waals surface area contributed by atoms with Gasteiger partial charge in [-0.25, -0.2) is 4.68 Å². The third-order valence-electron chi connectivity index (χ3n) is 2.76. The minimum absolute atomic E-state index is 0.0556. The molecule has 0 amide bonds. The largest absolute Gasteiger partial charge is 0.371 e. The summed E-state index contributed by atoms with van der Waals surface area (Å²) >= 11 is 0. The van der Waals surface area contributed by atoms with Crippen LogP contribution in [0.15, 0.2) is 17.1 Å². The van der Waals surface area contributed by atoms with Gasteiger partial charge in [0.25, 0.3) is 5.56 Å².